The van der Waals surface area contributed by atoms with E-state index >= 15 is 0 Å². The minimum atomic E-state index is -2.38. The maximum absolute atomic E-state index is 14.1. The molecule has 0 unspecified atom stereocenters. The van der Waals surface area contributed by atoms with Crippen molar-refractivity contribution >= 4 is 47.8 Å². The number of carbonyl (C=O) groups excluding carboxylic acids is 8. The van der Waals surface area contributed by atoms with Crippen molar-refractivity contribution in [2.24, 2.45) is 0 Å². The Labute approximate surface area is 385 Å². The first-order valence-corrected chi connectivity index (χ1v) is 20.9. The molecule has 4 rings (SSSR count). The highest BCUT2D eigenvalue weighted by Crippen LogP contribution is 2.41. The Morgan fingerprint density at radius 1 is 0.597 bits per heavy atom. The van der Waals surface area contributed by atoms with E-state index in [0.717, 1.165) is 55.6 Å². The zero-order valence-electron chi connectivity index (χ0n) is 38.5. The molecular formula is C45H56O22. The summed E-state index contributed by atoms with van der Waals surface area (Å²) in [5.41, 5.74) is 1.17. The summed E-state index contributed by atoms with van der Waals surface area (Å²) in [5, 5.41) is 0. The van der Waals surface area contributed by atoms with Gasteiger partial charge in [0, 0.05) is 54.9 Å². The molecule has 0 N–H and O–H groups in total. The van der Waals surface area contributed by atoms with Crippen LogP contribution in [0.3, 0.4) is 0 Å². The maximum atomic E-state index is 14.1. The molecule has 22 heteroatoms. The fourth-order valence-electron chi connectivity index (χ4n) is 7.26. The molecule has 0 aromatic heterocycles. The van der Waals surface area contributed by atoms with Gasteiger partial charge in [-0.25, -0.2) is 4.79 Å². The number of esters is 8. The number of hydrogen-bond acceptors (Lipinski definition) is 22. The molecule has 22 nitrogen and oxygen atoms in total. The summed E-state index contributed by atoms with van der Waals surface area (Å²) in [6.45, 7) is 5.42. The molecule has 2 aromatic rings. The van der Waals surface area contributed by atoms with E-state index in [0.29, 0.717) is 16.9 Å². The van der Waals surface area contributed by atoms with Gasteiger partial charge in [0.1, 0.15) is 37.3 Å². The average molecular weight is 949 g/mol. The number of rotatable bonds is 21. The predicted molar refractivity (Wildman–Crippen MR) is 222 cm³/mol. The SMILES string of the molecule is COC(=O)[C@]1(OCc2ccccc2)C[C@@H](OCc2ccc(OC)cc2)[C@@H](O[C@H]2O[C@H]([C@H](COC(C)=O)OC(C)=O)[C@@H](OC(C)=O)[C@H](OC(C)=O)[C@@H]2OC(C)=O)[C@@H]([C@@H](COC(C)=O)OC(C)=O)O1. The van der Waals surface area contributed by atoms with E-state index in [4.69, 9.17) is 66.3 Å². The van der Waals surface area contributed by atoms with Crippen molar-refractivity contribution in [1.82, 2.24) is 0 Å². The zero-order chi connectivity index (χ0) is 49.4. The summed E-state index contributed by atoms with van der Waals surface area (Å²) in [5.74, 6) is -9.28. The minimum Gasteiger partial charge on any atom is -0.497 e. The Morgan fingerprint density at radius 2 is 1.12 bits per heavy atom. The van der Waals surface area contributed by atoms with Crippen molar-refractivity contribution in [1.29, 1.82) is 0 Å². The molecule has 0 radical (unpaired) electrons. The lowest BCUT2D eigenvalue weighted by Gasteiger charge is -2.50. The van der Waals surface area contributed by atoms with Crippen molar-refractivity contribution in [3.63, 3.8) is 0 Å². The van der Waals surface area contributed by atoms with Crippen molar-refractivity contribution < 1.29 is 105 Å². The third kappa shape index (κ3) is 15.7. The third-order valence-corrected chi connectivity index (χ3v) is 9.92. The molecule has 0 bridgehead atoms. The topological polar surface area (TPSA) is 266 Å². The lowest BCUT2D eigenvalue weighted by Crippen LogP contribution is -2.69. The molecule has 2 aromatic carbocycles. The van der Waals surface area contributed by atoms with Gasteiger partial charge in [0.05, 0.1) is 33.5 Å². The molecule has 0 aliphatic carbocycles. The van der Waals surface area contributed by atoms with Gasteiger partial charge in [0.2, 0.25) is 0 Å². The highest BCUT2D eigenvalue weighted by Gasteiger charge is 2.61. The summed E-state index contributed by atoms with van der Waals surface area (Å²) >= 11 is 0. The normalized spacial score (nSPS) is 25.4. The highest BCUT2D eigenvalue weighted by atomic mass is 16.8. The van der Waals surface area contributed by atoms with E-state index in [9.17, 15) is 38.4 Å². The molecule has 2 aliphatic heterocycles. The molecule has 368 valence electrons. The third-order valence-electron chi connectivity index (χ3n) is 9.92. The van der Waals surface area contributed by atoms with E-state index in [1.807, 2.05) is 0 Å². The summed E-state index contributed by atoms with van der Waals surface area (Å²) in [6, 6.07) is 15.4. The van der Waals surface area contributed by atoms with Crippen LogP contribution in [-0.4, -0.2) is 142 Å². The van der Waals surface area contributed by atoms with Crippen molar-refractivity contribution in [2.45, 2.75) is 135 Å². The van der Waals surface area contributed by atoms with Crippen molar-refractivity contribution in [3.8, 4) is 5.75 Å². The summed E-state index contributed by atoms with van der Waals surface area (Å²) in [4.78, 5) is 102. The van der Waals surface area contributed by atoms with Gasteiger partial charge in [-0.3, -0.25) is 33.6 Å². The lowest BCUT2D eigenvalue weighted by molar-refractivity contribution is -0.375. The van der Waals surface area contributed by atoms with Crippen molar-refractivity contribution in [3.05, 3.63) is 65.7 Å². The molecule has 0 amide bonds. The van der Waals surface area contributed by atoms with Crippen LogP contribution >= 0.6 is 0 Å². The fraction of sp³-hybridized carbons (Fsp3) is 0.556. The minimum absolute atomic E-state index is 0.206. The number of methoxy groups -OCH3 is 2. The monoisotopic (exact) mass is 948 g/mol. The Morgan fingerprint density at radius 3 is 1.63 bits per heavy atom. The average Bonchev–Trinajstić information content (AvgIpc) is 3.26. The second-order valence-electron chi connectivity index (χ2n) is 15.2. The van der Waals surface area contributed by atoms with Crippen LogP contribution < -0.4 is 4.74 Å². The van der Waals surface area contributed by atoms with E-state index in [2.05, 4.69) is 0 Å². The number of carbonyl (C=O) groups is 8. The molecular weight excluding hydrogens is 892 g/mol. The first-order chi connectivity index (χ1) is 31.7. The highest BCUT2D eigenvalue weighted by molar-refractivity contribution is 5.78. The molecule has 67 heavy (non-hydrogen) atoms. The molecule has 2 heterocycles. The lowest BCUT2D eigenvalue weighted by atomic mass is 9.90. The second kappa shape index (κ2) is 25.1. The van der Waals surface area contributed by atoms with Gasteiger partial charge in [-0.2, -0.15) is 0 Å². The first-order valence-electron chi connectivity index (χ1n) is 20.9. The predicted octanol–water partition coefficient (Wildman–Crippen LogP) is 2.35. The van der Waals surface area contributed by atoms with E-state index in [1.54, 1.807) is 54.6 Å². The van der Waals surface area contributed by atoms with Crippen LogP contribution in [0.4, 0.5) is 0 Å². The summed E-state index contributed by atoms with van der Waals surface area (Å²) in [6.07, 6.45) is -17.8. The first kappa shape index (κ1) is 53.4. The van der Waals surface area contributed by atoms with Crippen LogP contribution in [0.5, 0.6) is 5.75 Å². The fourth-order valence-corrected chi connectivity index (χ4v) is 7.26. The van der Waals surface area contributed by atoms with E-state index < -0.39 is 134 Å². The van der Waals surface area contributed by atoms with Crippen LogP contribution in [0.1, 0.15) is 66.0 Å². The van der Waals surface area contributed by atoms with Gasteiger partial charge in [-0.05, 0) is 23.3 Å². The van der Waals surface area contributed by atoms with Gasteiger partial charge >= 0.3 is 47.8 Å². The maximum Gasteiger partial charge on any atom is 0.366 e. The Bertz CT molecular complexity index is 2020. The quantitative estimate of drug-likeness (QED) is 0.128. The summed E-state index contributed by atoms with van der Waals surface area (Å²) < 4.78 is 81.7. The number of hydrogen-bond donors (Lipinski definition) is 0. The van der Waals surface area contributed by atoms with Gasteiger partial charge in [-0.1, -0.05) is 42.5 Å². The molecule has 2 aliphatic rings. The molecule has 0 spiro atoms. The second-order valence-corrected chi connectivity index (χ2v) is 15.2. The van der Waals surface area contributed by atoms with Crippen molar-refractivity contribution in [2.75, 3.05) is 27.4 Å². The van der Waals surface area contributed by atoms with Crippen LogP contribution in [0.25, 0.3) is 0 Å². The van der Waals surface area contributed by atoms with Gasteiger partial charge in [0.25, 0.3) is 5.79 Å². The van der Waals surface area contributed by atoms with Gasteiger partial charge in [-0.15, -0.1) is 0 Å². The molecule has 11 atom stereocenters. The smallest absolute Gasteiger partial charge is 0.366 e. The van der Waals surface area contributed by atoms with E-state index in [-0.39, 0.29) is 13.2 Å². The van der Waals surface area contributed by atoms with Gasteiger partial charge < -0.3 is 66.3 Å². The molecule has 2 saturated heterocycles. The molecule has 0 saturated carbocycles. The number of ether oxygens (including phenoxy) is 14. The Hall–Kier alpha value is -6.20. The summed E-state index contributed by atoms with van der Waals surface area (Å²) in [7, 11) is 2.56. The number of benzene rings is 2. The van der Waals surface area contributed by atoms with Crippen LogP contribution in [-0.2, 0) is 113 Å². The standard InChI is InChI=1S/C45H56O22/c1-24(46)56-22-35(60-26(3)48)38-40(62-28(5)50)41(63-29(6)51)42(64-30(7)52)43(66-38)65-37-34(58-20-32-15-17-33(54-8)18-16-32)19-45(44(53)55-9,59-21-31-13-11-10-12-14-31)67-39(37)36(61-27(4)49)23-57-25(2)47/h10-18,34-43H,19-23H2,1-9H3/t34-,35+,36-,37-,38-,39-,40-,41+,42+,43+,45+/m1/s1. The van der Waals surface area contributed by atoms with Crippen LogP contribution in [0.15, 0.2) is 54.6 Å². The van der Waals surface area contributed by atoms with E-state index in [1.165, 1.54) is 7.11 Å². The largest absolute Gasteiger partial charge is 0.497 e. The van der Waals surface area contributed by atoms with Crippen LogP contribution in [0.2, 0.25) is 0 Å². The van der Waals surface area contributed by atoms with Crippen LogP contribution in [0, 0.1) is 0 Å². The zero-order valence-corrected chi connectivity index (χ0v) is 38.5. The Balaban J connectivity index is 1.99. The molecule has 2 fully saturated rings. The Kier molecular flexibility index (Phi) is 20.0. The van der Waals surface area contributed by atoms with Gasteiger partial charge in [0.15, 0.2) is 36.8 Å².